The molecule has 0 saturated carbocycles. The summed E-state index contributed by atoms with van der Waals surface area (Å²) in [5.74, 6) is 1.33. The van der Waals surface area contributed by atoms with Crippen LogP contribution < -0.4 is 5.32 Å². The van der Waals surface area contributed by atoms with Crippen molar-refractivity contribution in [2.75, 3.05) is 19.7 Å². The zero-order valence-electron chi connectivity index (χ0n) is 7.62. The van der Waals surface area contributed by atoms with Crippen LogP contribution >= 0.6 is 0 Å². The van der Waals surface area contributed by atoms with Gasteiger partial charge in [-0.3, -0.25) is 0 Å². The van der Waals surface area contributed by atoms with E-state index in [2.05, 4.69) is 15.5 Å². The average Bonchev–Trinajstić information content (AvgIpc) is 2.67. The van der Waals surface area contributed by atoms with E-state index in [1.807, 2.05) is 6.92 Å². The highest BCUT2D eigenvalue weighted by atomic mass is 16.5. The fourth-order valence-electron chi connectivity index (χ4n) is 1.27. The SMILES string of the molecule is CCc1noc([C@@H]2CNCCO2)n1. The van der Waals surface area contributed by atoms with Crippen LogP contribution in [0.25, 0.3) is 0 Å². The molecule has 2 rings (SSSR count). The van der Waals surface area contributed by atoms with Gasteiger partial charge in [-0.05, 0) is 0 Å². The lowest BCUT2D eigenvalue weighted by molar-refractivity contribution is 0.00755. The Hall–Kier alpha value is -0.940. The molecule has 5 heteroatoms. The van der Waals surface area contributed by atoms with E-state index in [1.165, 1.54) is 0 Å². The second kappa shape index (κ2) is 3.85. The minimum atomic E-state index is -0.0680. The summed E-state index contributed by atoms with van der Waals surface area (Å²) in [4.78, 5) is 4.21. The molecule has 1 aromatic rings. The predicted molar refractivity (Wildman–Crippen MR) is 45.2 cm³/mol. The largest absolute Gasteiger partial charge is 0.366 e. The first-order valence-electron chi connectivity index (χ1n) is 4.55. The third-order valence-electron chi connectivity index (χ3n) is 2.00. The van der Waals surface area contributed by atoms with Gasteiger partial charge in [0.2, 0.25) is 0 Å². The predicted octanol–water partition coefficient (Wildman–Crippen LogP) is 0.293. The number of nitrogens with zero attached hydrogens (tertiary/aromatic N) is 2. The van der Waals surface area contributed by atoms with Crippen molar-refractivity contribution >= 4 is 0 Å². The fourth-order valence-corrected chi connectivity index (χ4v) is 1.27. The van der Waals surface area contributed by atoms with Crippen LogP contribution in [0.15, 0.2) is 4.52 Å². The molecule has 5 nitrogen and oxygen atoms in total. The number of hydrogen-bond acceptors (Lipinski definition) is 5. The minimum Gasteiger partial charge on any atom is -0.366 e. The molecule has 1 N–H and O–H groups in total. The molecule has 0 aromatic carbocycles. The Morgan fingerprint density at radius 1 is 1.62 bits per heavy atom. The first-order valence-corrected chi connectivity index (χ1v) is 4.55. The van der Waals surface area contributed by atoms with Gasteiger partial charge in [0.15, 0.2) is 5.82 Å². The summed E-state index contributed by atoms with van der Waals surface area (Å²) in [6.45, 7) is 4.35. The molecule has 1 fully saturated rings. The van der Waals surface area contributed by atoms with Gasteiger partial charge in [0.25, 0.3) is 5.89 Å². The molecule has 1 aromatic heterocycles. The summed E-state index contributed by atoms with van der Waals surface area (Å²) < 4.78 is 10.5. The molecule has 1 atom stereocenters. The molecule has 0 aliphatic carbocycles. The van der Waals surface area contributed by atoms with Gasteiger partial charge in [-0.1, -0.05) is 12.1 Å². The van der Waals surface area contributed by atoms with Crippen LogP contribution in [0, 0.1) is 0 Å². The Bertz CT molecular complexity index is 268. The number of ether oxygens (including phenoxy) is 1. The lowest BCUT2D eigenvalue weighted by Crippen LogP contribution is -2.33. The molecule has 0 unspecified atom stereocenters. The highest BCUT2D eigenvalue weighted by Crippen LogP contribution is 2.16. The van der Waals surface area contributed by atoms with E-state index in [-0.39, 0.29) is 6.10 Å². The number of hydrogen-bond donors (Lipinski definition) is 1. The zero-order chi connectivity index (χ0) is 9.10. The van der Waals surface area contributed by atoms with Crippen molar-refractivity contribution in [3.63, 3.8) is 0 Å². The van der Waals surface area contributed by atoms with Crippen molar-refractivity contribution in [1.82, 2.24) is 15.5 Å². The van der Waals surface area contributed by atoms with E-state index in [9.17, 15) is 0 Å². The van der Waals surface area contributed by atoms with E-state index in [1.54, 1.807) is 0 Å². The highest BCUT2D eigenvalue weighted by molar-refractivity contribution is 4.91. The Morgan fingerprint density at radius 2 is 2.54 bits per heavy atom. The van der Waals surface area contributed by atoms with Crippen LogP contribution in [0.3, 0.4) is 0 Å². The minimum absolute atomic E-state index is 0.0680. The first-order chi connectivity index (χ1) is 6.40. The summed E-state index contributed by atoms with van der Waals surface area (Å²) in [5.41, 5.74) is 0. The van der Waals surface area contributed by atoms with E-state index in [0.29, 0.717) is 12.5 Å². The summed E-state index contributed by atoms with van der Waals surface area (Å²) in [6, 6.07) is 0. The highest BCUT2D eigenvalue weighted by Gasteiger charge is 2.21. The van der Waals surface area contributed by atoms with Crippen molar-refractivity contribution in [1.29, 1.82) is 0 Å². The Labute approximate surface area is 76.5 Å². The van der Waals surface area contributed by atoms with Gasteiger partial charge in [0.1, 0.15) is 6.10 Å². The van der Waals surface area contributed by atoms with Gasteiger partial charge in [-0.25, -0.2) is 0 Å². The molecule has 0 radical (unpaired) electrons. The summed E-state index contributed by atoms with van der Waals surface area (Å²) >= 11 is 0. The van der Waals surface area contributed by atoms with Gasteiger partial charge in [-0.2, -0.15) is 4.98 Å². The van der Waals surface area contributed by atoms with E-state index < -0.39 is 0 Å². The van der Waals surface area contributed by atoms with Crippen LogP contribution in [-0.4, -0.2) is 29.8 Å². The van der Waals surface area contributed by atoms with E-state index >= 15 is 0 Å². The Balaban J connectivity index is 2.05. The summed E-state index contributed by atoms with van der Waals surface area (Å²) in [6.07, 6.45) is 0.727. The smallest absolute Gasteiger partial charge is 0.257 e. The van der Waals surface area contributed by atoms with Crippen LogP contribution in [-0.2, 0) is 11.2 Å². The lowest BCUT2D eigenvalue weighted by Gasteiger charge is -2.19. The van der Waals surface area contributed by atoms with Crippen LogP contribution in [0.2, 0.25) is 0 Å². The number of nitrogens with one attached hydrogen (secondary N) is 1. The van der Waals surface area contributed by atoms with Crippen molar-refractivity contribution in [2.24, 2.45) is 0 Å². The van der Waals surface area contributed by atoms with Gasteiger partial charge in [0.05, 0.1) is 6.61 Å². The van der Waals surface area contributed by atoms with Crippen molar-refractivity contribution in [3.05, 3.63) is 11.7 Å². The second-order valence-electron chi connectivity index (χ2n) is 2.97. The number of aromatic nitrogens is 2. The van der Waals surface area contributed by atoms with Crippen LogP contribution in [0.5, 0.6) is 0 Å². The van der Waals surface area contributed by atoms with Crippen LogP contribution in [0.1, 0.15) is 24.7 Å². The third-order valence-corrected chi connectivity index (χ3v) is 2.00. The maximum absolute atomic E-state index is 5.46. The standard InChI is InChI=1S/C8H13N3O2/c1-2-7-10-8(13-11-7)6-5-9-3-4-12-6/h6,9H,2-5H2,1H3/t6-/m0/s1. The Kier molecular flexibility index (Phi) is 2.56. The van der Waals surface area contributed by atoms with E-state index in [4.69, 9.17) is 9.26 Å². The molecule has 1 aliphatic rings. The molecule has 2 heterocycles. The molecule has 1 aliphatic heterocycles. The normalized spacial score (nSPS) is 23.3. The summed E-state index contributed by atoms with van der Waals surface area (Å²) in [5, 5.41) is 7.02. The maximum Gasteiger partial charge on any atom is 0.257 e. The zero-order valence-corrected chi connectivity index (χ0v) is 7.62. The van der Waals surface area contributed by atoms with Gasteiger partial charge >= 0.3 is 0 Å². The number of aryl methyl sites for hydroxylation is 1. The van der Waals surface area contributed by atoms with Crippen molar-refractivity contribution < 1.29 is 9.26 Å². The van der Waals surface area contributed by atoms with Gasteiger partial charge < -0.3 is 14.6 Å². The Morgan fingerprint density at radius 3 is 3.15 bits per heavy atom. The monoisotopic (exact) mass is 183 g/mol. The first kappa shape index (κ1) is 8.65. The van der Waals surface area contributed by atoms with Gasteiger partial charge in [-0.15, -0.1) is 0 Å². The third kappa shape index (κ3) is 1.87. The fraction of sp³-hybridized carbons (Fsp3) is 0.750. The number of rotatable bonds is 2. The summed E-state index contributed by atoms with van der Waals surface area (Å²) in [7, 11) is 0. The van der Waals surface area contributed by atoms with Gasteiger partial charge in [0, 0.05) is 19.5 Å². The molecule has 0 spiro atoms. The van der Waals surface area contributed by atoms with E-state index in [0.717, 1.165) is 25.3 Å². The second-order valence-corrected chi connectivity index (χ2v) is 2.97. The average molecular weight is 183 g/mol. The van der Waals surface area contributed by atoms with Crippen LogP contribution in [0.4, 0.5) is 0 Å². The van der Waals surface area contributed by atoms with Crippen molar-refractivity contribution in [3.8, 4) is 0 Å². The lowest BCUT2D eigenvalue weighted by atomic mass is 10.3. The molecule has 72 valence electrons. The van der Waals surface area contributed by atoms with Crippen molar-refractivity contribution in [2.45, 2.75) is 19.4 Å². The molecule has 0 amide bonds. The molecule has 13 heavy (non-hydrogen) atoms. The maximum atomic E-state index is 5.46. The molecular weight excluding hydrogens is 170 g/mol. The molecule has 0 bridgehead atoms. The molecule has 1 saturated heterocycles. The quantitative estimate of drug-likeness (QED) is 0.714. The number of morpholine rings is 1. The topological polar surface area (TPSA) is 60.2 Å². The molecular formula is C8H13N3O2.